The van der Waals surface area contributed by atoms with Gasteiger partial charge in [-0.1, -0.05) is 6.42 Å². The Kier molecular flexibility index (Phi) is 6.08. The summed E-state index contributed by atoms with van der Waals surface area (Å²) >= 11 is 0. The molecule has 0 radical (unpaired) electrons. The molecular formula is C13H27NO3S. The summed E-state index contributed by atoms with van der Waals surface area (Å²) in [6.45, 7) is 5.34. The second-order valence-corrected chi connectivity index (χ2v) is 8.01. The Morgan fingerprint density at radius 1 is 1.33 bits per heavy atom. The highest BCUT2D eigenvalue weighted by molar-refractivity contribution is 7.91. The fourth-order valence-corrected chi connectivity index (χ4v) is 4.09. The second-order valence-electron chi connectivity index (χ2n) is 5.68. The van der Waals surface area contributed by atoms with Gasteiger partial charge in [0.1, 0.15) is 9.84 Å². The van der Waals surface area contributed by atoms with Crippen LogP contribution in [0.4, 0.5) is 0 Å². The summed E-state index contributed by atoms with van der Waals surface area (Å²) in [5.74, 6) is 0. The maximum absolute atomic E-state index is 11.7. The molecule has 0 saturated heterocycles. The van der Waals surface area contributed by atoms with E-state index in [4.69, 9.17) is 5.11 Å². The highest BCUT2D eigenvalue weighted by atomic mass is 32.2. The van der Waals surface area contributed by atoms with Crippen molar-refractivity contribution in [3.8, 4) is 0 Å². The Bertz CT molecular complexity index is 340. The normalized spacial score (nSPS) is 25.9. The molecule has 18 heavy (non-hydrogen) atoms. The van der Waals surface area contributed by atoms with Crippen LogP contribution in [0.5, 0.6) is 0 Å². The zero-order chi connectivity index (χ0) is 13.8. The molecule has 1 aliphatic rings. The van der Waals surface area contributed by atoms with Gasteiger partial charge >= 0.3 is 0 Å². The Labute approximate surface area is 111 Å². The highest BCUT2D eigenvalue weighted by Crippen LogP contribution is 2.28. The first kappa shape index (κ1) is 15.9. The largest absolute Gasteiger partial charge is 0.396 e. The van der Waals surface area contributed by atoms with Crippen LogP contribution in [0.25, 0.3) is 0 Å². The topological polar surface area (TPSA) is 57.6 Å². The van der Waals surface area contributed by atoms with Crippen molar-refractivity contribution in [3.63, 3.8) is 0 Å². The van der Waals surface area contributed by atoms with Crippen LogP contribution in [-0.2, 0) is 9.84 Å². The first-order valence-electron chi connectivity index (χ1n) is 6.91. The first-order valence-corrected chi connectivity index (χ1v) is 8.87. The van der Waals surface area contributed by atoms with E-state index in [0.29, 0.717) is 12.1 Å². The molecule has 2 unspecified atom stereocenters. The Morgan fingerprint density at radius 3 is 2.50 bits per heavy atom. The Hall–Kier alpha value is -0.130. The Morgan fingerprint density at radius 2 is 2.00 bits per heavy atom. The van der Waals surface area contributed by atoms with E-state index in [1.54, 1.807) is 0 Å². The van der Waals surface area contributed by atoms with E-state index >= 15 is 0 Å². The zero-order valence-electron chi connectivity index (χ0n) is 11.8. The van der Waals surface area contributed by atoms with Gasteiger partial charge in [-0.05, 0) is 39.5 Å². The van der Waals surface area contributed by atoms with Crippen LogP contribution < -0.4 is 0 Å². The van der Waals surface area contributed by atoms with Gasteiger partial charge in [-0.25, -0.2) is 8.42 Å². The molecule has 1 saturated carbocycles. The van der Waals surface area contributed by atoms with Crippen LogP contribution in [0.2, 0.25) is 0 Å². The van der Waals surface area contributed by atoms with Crippen molar-refractivity contribution in [2.75, 3.05) is 19.4 Å². The quantitative estimate of drug-likeness (QED) is 0.798. The van der Waals surface area contributed by atoms with E-state index in [1.807, 2.05) is 0 Å². The molecule has 0 heterocycles. The Balaban J connectivity index is 2.67. The van der Waals surface area contributed by atoms with Crippen LogP contribution in [0.1, 0.15) is 46.0 Å². The molecule has 0 aromatic rings. The summed E-state index contributed by atoms with van der Waals surface area (Å²) in [6, 6.07) is 0.755. The van der Waals surface area contributed by atoms with Crippen molar-refractivity contribution in [1.82, 2.24) is 4.90 Å². The molecule has 5 heteroatoms. The monoisotopic (exact) mass is 277 g/mol. The van der Waals surface area contributed by atoms with E-state index in [-0.39, 0.29) is 11.9 Å². The SMILES string of the molecule is CC(C)N(CCCO)C1CCCC(S(C)(=O)=O)C1. The number of aliphatic hydroxyl groups is 1. The van der Waals surface area contributed by atoms with Crippen LogP contribution in [0.3, 0.4) is 0 Å². The van der Waals surface area contributed by atoms with Gasteiger partial charge < -0.3 is 5.11 Å². The van der Waals surface area contributed by atoms with Crippen molar-refractivity contribution in [1.29, 1.82) is 0 Å². The summed E-state index contributed by atoms with van der Waals surface area (Å²) in [5, 5.41) is 8.78. The van der Waals surface area contributed by atoms with Crippen LogP contribution in [0, 0.1) is 0 Å². The lowest BCUT2D eigenvalue weighted by atomic mass is 9.92. The highest BCUT2D eigenvalue weighted by Gasteiger charge is 2.32. The fourth-order valence-electron chi connectivity index (χ4n) is 2.93. The predicted octanol–water partition coefficient (Wildman–Crippen LogP) is 1.44. The minimum Gasteiger partial charge on any atom is -0.396 e. The summed E-state index contributed by atoms with van der Waals surface area (Å²) < 4.78 is 23.4. The van der Waals surface area contributed by atoms with Gasteiger partial charge in [0.05, 0.1) is 5.25 Å². The average Bonchev–Trinajstić information content (AvgIpc) is 2.28. The van der Waals surface area contributed by atoms with E-state index in [9.17, 15) is 8.42 Å². The molecule has 1 fully saturated rings. The summed E-state index contributed by atoms with van der Waals surface area (Å²) in [4.78, 5) is 2.35. The number of nitrogens with zero attached hydrogens (tertiary/aromatic N) is 1. The van der Waals surface area contributed by atoms with Crippen molar-refractivity contribution < 1.29 is 13.5 Å². The number of sulfone groups is 1. The molecule has 1 N–H and O–H groups in total. The number of aliphatic hydroxyl groups excluding tert-OH is 1. The summed E-state index contributed by atoms with van der Waals surface area (Å²) in [6.07, 6.45) is 5.75. The lowest BCUT2D eigenvalue weighted by Crippen LogP contribution is -2.46. The maximum Gasteiger partial charge on any atom is 0.150 e. The standard InChI is InChI=1S/C13H27NO3S/c1-11(2)14(8-5-9-15)12-6-4-7-13(10-12)18(3,16)17/h11-13,15H,4-10H2,1-3H3. The third-order valence-corrected chi connectivity index (χ3v) is 5.55. The van der Waals surface area contributed by atoms with Gasteiger partial charge in [-0.3, -0.25) is 4.90 Å². The third-order valence-electron chi connectivity index (χ3n) is 3.91. The average molecular weight is 277 g/mol. The summed E-state index contributed by atoms with van der Waals surface area (Å²) in [5.41, 5.74) is 0. The minimum absolute atomic E-state index is 0.174. The lowest BCUT2D eigenvalue weighted by Gasteiger charge is -2.39. The zero-order valence-corrected chi connectivity index (χ0v) is 12.6. The maximum atomic E-state index is 11.7. The molecule has 0 amide bonds. The number of hydrogen-bond donors (Lipinski definition) is 1. The number of hydrogen-bond acceptors (Lipinski definition) is 4. The first-order chi connectivity index (χ1) is 8.36. The fraction of sp³-hybridized carbons (Fsp3) is 1.00. The van der Waals surface area contributed by atoms with Gasteiger partial charge in [0, 0.05) is 31.5 Å². The van der Waals surface area contributed by atoms with E-state index in [1.165, 1.54) is 6.26 Å². The predicted molar refractivity (Wildman–Crippen MR) is 74.4 cm³/mol. The van der Waals surface area contributed by atoms with Crippen LogP contribution >= 0.6 is 0 Å². The smallest absolute Gasteiger partial charge is 0.150 e. The van der Waals surface area contributed by atoms with Gasteiger partial charge in [0.25, 0.3) is 0 Å². The molecule has 0 aromatic carbocycles. The molecule has 108 valence electrons. The molecule has 4 nitrogen and oxygen atoms in total. The van der Waals surface area contributed by atoms with E-state index in [2.05, 4.69) is 18.7 Å². The minimum atomic E-state index is -2.91. The second kappa shape index (κ2) is 6.87. The molecule has 1 rings (SSSR count). The van der Waals surface area contributed by atoms with Crippen molar-refractivity contribution in [3.05, 3.63) is 0 Å². The van der Waals surface area contributed by atoms with Gasteiger partial charge in [-0.15, -0.1) is 0 Å². The molecule has 0 aromatic heterocycles. The van der Waals surface area contributed by atoms with Crippen LogP contribution in [0.15, 0.2) is 0 Å². The van der Waals surface area contributed by atoms with Crippen molar-refractivity contribution in [2.24, 2.45) is 0 Å². The van der Waals surface area contributed by atoms with E-state index < -0.39 is 9.84 Å². The van der Waals surface area contributed by atoms with Gasteiger partial charge in [-0.2, -0.15) is 0 Å². The van der Waals surface area contributed by atoms with Gasteiger partial charge in [0.15, 0.2) is 0 Å². The van der Waals surface area contributed by atoms with Crippen molar-refractivity contribution >= 4 is 9.84 Å². The van der Waals surface area contributed by atoms with Crippen molar-refractivity contribution in [2.45, 2.75) is 63.3 Å². The lowest BCUT2D eigenvalue weighted by molar-refractivity contribution is 0.111. The molecule has 1 aliphatic carbocycles. The molecule has 2 atom stereocenters. The number of rotatable bonds is 6. The van der Waals surface area contributed by atoms with Crippen LogP contribution in [-0.4, -0.2) is 55.2 Å². The molecule has 0 aliphatic heterocycles. The van der Waals surface area contributed by atoms with E-state index in [0.717, 1.165) is 38.6 Å². The molecule has 0 spiro atoms. The third kappa shape index (κ3) is 4.52. The molecule has 0 bridgehead atoms. The molecular weight excluding hydrogens is 250 g/mol. The van der Waals surface area contributed by atoms with Gasteiger partial charge in [0.2, 0.25) is 0 Å². The summed E-state index contributed by atoms with van der Waals surface area (Å²) in [7, 11) is -2.91.